The molecule has 3 aromatic heterocycles. The van der Waals surface area contributed by atoms with Gasteiger partial charge in [0.1, 0.15) is 40.9 Å². The number of hydrogen-bond acceptors (Lipinski definition) is 6. The zero-order chi connectivity index (χ0) is 27.2. The van der Waals surface area contributed by atoms with Crippen LogP contribution in [0.25, 0.3) is 16.9 Å². The number of nitrogens with two attached hydrogens (primary N) is 1. The lowest BCUT2D eigenvalue weighted by Crippen LogP contribution is -2.40. The summed E-state index contributed by atoms with van der Waals surface area (Å²) in [5, 5.41) is 2.31. The maximum atomic E-state index is 14.4. The molecule has 2 amide bonds. The standard InChI is InChI=1S/C25H20F4N6O3/c1-24(23(30)37)12-38-21-15(24)8-17(34-20(21)13-2-4-14(26)5-3-13)16(25(27,28)29)9-33-22(36)18-10-32-19-11-31-6-7-35(18)19/h2-8,10-11,16H,9,12H2,1H3,(H2,30,37)(H,33,36)/t16?,24-/m0/s1. The number of carbonyl (C=O) groups is 2. The molecule has 1 aliphatic heterocycles. The summed E-state index contributed by atoms with van der Waals surface area (Å²) in [4.78, 5) is 37.2. The van der Waals surface area contributed by atoms with Crippen molar-refractivity contribution >= 4 is 17.5 Å². The van der Waals surface area contributed by atoms with E-state index >= 15 is 0 Å². The van der Waals surface area contributed by atoms with Gasteiger partial charge in [-0.1, -0.05) is 0 Å². The number of nitrogens with zero attached hydrogens (tertiary/aromatic N) is 4. The largest absolute Gasteiger partial charge is 0.489 e. The molecule has 1 aromatic carbocycles. The molecular formula is C25H20F4N6O3. The lowest BCUT2D eigenvalue weighted by Gasteiger charge is -2.24. The van der Waals surface area contributed by atoms with Gasteiger partial charge in [-0.15, -0.1) is 0 Å². The maximum Gasteiger partial charge on any atom is 0.398 e. The molecule has 4 heterocycles. The molecule has 0 bridgehead atoms. The van der Waals surface area contributed by atoms with Crippen LogP contribution in [-0.4, -0.2) is 50.5 Å². The highest BCUT2D eigenvalue weighted by atomic mass is 19.4. The van der Waals surface area contributed by atoms with Crippen molar-refractivity contribution in [1.29, 1.82) is 0 Å². The van der Waals surface area contributed by atoms with Gasteiger partial charge in [0.05, 0.1) is 18.1 Å². The molecule has 0 spiro atoms. The van der Waals surface area contributed by atoms with Crippen molar-refractivity contribution < 1.29 is 31.9 Å². The molecule has 3 N–H and O–H groups in total. The predicted molar refractivity (Wildman–Crippen MR) is 126 cm³/mol. The van der Waals surface area contributed by atoms with Crippen molar-refractivity contribution in [2.24, 2.45) is 5.73 Å². The number of ether oxygens (including phenoxy) is 1. The minimum atomic E-state index is -4.83. The number of hydrogen-bond donors (Lipinski definition) is 2. The third kappa shape index (κ3) is 4.29. The fraction of sp³-hybridized carbons (Fsp3) is 0.240. The summed E-state index contributed by atoms with van der Waals surface area (Å²) in [5.41, 5.74) is 4.47. The van der Waals surface area contributed by atoms with E-state index in [0.29, 0.717) is 5.65 Å². The van der Waals surface area contributed by atoms with Gasteiger partial charge in [-0.2, -0.15) is 13.2 Å². The molecular weight excluding hydrogens is 508 g/mol. The number of fused-ring (bicyclic) bond motifs is 2. The number of imidazole rings is 1. The zero-order valence-corrected chi connectivity index (χ0v) is 19.8. The number of benzene rings is 1. The van der Waals surface area contributed by atoms with Gasteiger partial charge in [-0.3, -0.25) is 19.0 Å². The van der Waals surface area contributed by atoms with E-state index < -0.39 is 47.4 Å². The number of pyridine rings is 1. The molecule has 196 valence electrons. The van der Waals surface area contributed by atoms with E-state index in [2.05, 4.69) is 20.3 Å². The Bertz CT molecular complexity index is 1550. The molecule has 38 heavy (non-hydrogen) atoms. The highest BCUT2D eigenvalue weighted by molar-refractivity contribution is 5.93. The molecule has 0 aliphatic carbocycles. The summed E-state index contributed by atoms with van der Waals surface area (Å²) in [6, 6.07) is 6.07. The van der Waals surface area contributed by atoms with E-state index in [9.17, 15) is 27.2 Å². The van der Waals surface area contributed by atoms with Crippen molar-refractivity contribution in [2.45, 2.75) is 24.4 Å². The van der Waals surface area contributed by atoms with E-state index in [1.807, 2.05) is 0 Å². The molecule has 2 atom stereocenters. The smallest absolute Gasteiger partial charge is 0.398 e. The van der Waals surface area contributed by atoms with Crippen LogP contribution in [0.4, 0.5) is 17.6 Å². The highest BCUT2D eigenvalue weighted by Gasteiger charge is 2.47. The Balaban J connectivity index is 1.56. The van der Waals surface area contributed by atoms with Crippen molar-refractivity contribution in [3.05, 3.63) is 77.9 Å². The number of primary amides is 1. The van der Waals surface area contributed by atoms with Crippen LogP contribution in [0, 0.1) is 5.82 Å². The number of nitrogens with one attached hydrogen (secondary N) is 1. The average Bonchev–Trinajstić information content (AvgIpc) is 3.46. The molecule has 0 radical (unpaired) electrons. The van der Waals surface area contributed by atoms with Crippen LogP contribution in [0.3, 0.4) is 0 Å². The third-order valence-corrected chi connectivity index (χ3v) is 6.52. The normalized spacial score (nSPS) is 17.6. The second-order valence-corrected chi connectivity index (χ2v) is 9.02. The first kappa shape index (κ1) is 25.1. The molecule has 0 saturated heterocycles. The monoisotopic (exact) mass is 528 g/mol. The Morgan fingerprint density at radius 1 is 1.24 bits per heavy atom. The Kier molecular flexibility index (Phi) is 6.00. The molecule has 0 saturated carbocycles. The molecule has 9 nitrogen and oxygen atoms in total. The summed E-state index contributed by atoms with van der Waals surface area (Å²) in [6.07, 6.45) is 0.664. The minimum absolute atomic E-state index is 0.00247. The third-order valence-electron chi connectivity index (χ3n) is 6.52. The van der Waals surface area contributed by atoms with Crippen LogP contribution in [0.5, 0.6) is 5.75 Å². The van der Waals surface area contributed by atoms with E-state index in [0.717, 1.165) is 18.2 Å². The Morgan fingerprint density at radius 2 is 1.97 bits per heavy atom. The van der Waals surface area contributed by atoms with Crippen LogP contribution >= 0.6 is 0 Å². The minimum Gasteiger partial charge on any atom is -0.489 e. The van der Waals surface area contributed by atoms with Crippen LogP contribution in [0.2, 0.25) is 0 Å². The molecule has 0 fully saturated rings. The van der Waals surface area contributed by atoms with Crippen molar-refractivity contribution in [3.8, 4) is 17.0 Å². The number of aromatic nitrogens is 4. The fourth-order valence-electron chi connectivity index (χ4n) is 4.27. The Morgan fingerprint density at radius 3 is 2.66 bits per heavy atom. The lowest BCUT2D eigenvalue weighted by atomic mass is 9.82. The first-order chi connectivity index (χ1) is 18.0. The van der Waals surface area contributed by atoms with E-state index in [1.54, 1.807) is 0 Å². The first-order valence-electron chi connectivity index (χ1n) is 11.3. The van der Waals surface area contributed by atoms with Crippen molar-refractivity contribution in [1.82, 2.24) is 24.7 Å². The van der Waals surface area contributed by atoms with Gasteiger partial charge < -0.3 is 15.8 Å². The second-order valence-electron chi connectivity index (χ2n) is 9.02. The Labute approximate surface area is 212 Å². The van der Waals surface area contributed by atoms with Crippen LogP contribution in [0.15, 0.2) is 55.1 Å². The summed E-state index contributed by atoms with van der Waals surface area (Å²) < 4.78 is 63.7. The average molecular weight is 528 g/mol. The molecule has 1 unspecified atom stereocenters. The summed E-state index contributed by atoms with van der Waals surface area (Å²) >= 11 is 0. The quantitative estimate of drug-likeness (QED) is 0.371. The van der Waals surface area contributed by atoms with Gasteiger partial charge in [-0.05, 0) is 37.3 Å². The fourth-order valence-corrected chi connectivity index (χ4v) is 4.27. The number of halogens is 4. The van der Waals surface area contributed by atoms with E-state index in [1.165, 1.54) is 48.2 Å². The summed E-state index contributed by atoms with van der Waals surface area (Å²) in [6.45, 7) is 0.403. The molecule has 1 aliphatic rings. The first-order valence-corrected chi connectivity index (χ1v) is 11.3. The van der Waals surface area contributed by atoms with Gasteiger partial charge in [-0.25, -0.2) is 14.4 Å². The van der Waals surface area contributed by atoms with Gasteiger partial charge >= 0.3 is 6.18 Å². The number of rotatable bonds is 6. The molecule has 5 rings (SSSR count). The van der Waals surface area contributed by atoms with E-state index in [-0.39, 0.29) is 34.9 Å². The van der Waals surface area contributed by atoms with Gasteiger partial charge in [0, 0.05) is 30.1 Å². The lowest BCUT2D eigenvalue weighted by molar-refractivity contribution is -0.149. The van der Waals surface area contributed by atoms with Crippen LogP contribution in [0.1, 0.15) is 34.6 Å². The maximum absolute atomic E-state index is 14.4. The van der Waals surface area contributed by atoms with Gasteiger partial charge in [0.25, 0.3) is 5.91 Å². The second kappa shape index (κ2) is 9.08. The molecule has 13 heteroatoms. The van der Waals surface area contributed by atoms with Crippen molar-refractivity contribution in [3.63, 3.8) is 0 Å². The summed E-state index contributed by atoms with van der Waals surface area (Å²) in [5.74, 6) is -4.30. The Hall–Kier alpha value is -4.55. The predicted octanol–water partition coefficient (Wildman–Crippen LogP) is 3.14. The number of amides is 2. The van der Waals surface area contributed by atoms with E-state index in [4.69, 9.17) is 10.5 Å². The SMILES string of the molecule is C[C@]1(C(N)=O)COc2c1cc(C(CNC(=O)c1cnc3cnccn13)C(F)(F)F)nc2-c1ccc(F)cc1. The van der Waals surface area contributed by atoms with Gasteiger partial charge in [0.15, 0.2) is 5.65 Å². The van der Waals surface area contributed by atoms with Crippen molar-refractivity contribution in [2.75, 3.05) is 13.2 Å². The van der Waals surface area contributed by atoms with Gasteiger partial charge in [0.2, 0.25) is 5.91 Å². The topological polar surface area (TPSA) is 125 Å². The highest BCUT2D eigenvalue weighted by Crippen LogP contribution is 2.46. The zero-order valence-electron chi connectivity index (χ0n) is 19.8. The summed E-state index contributed by atoms with van der Waals surface area (Å²) in [7, 11) is 0. The number of alkyl halides is 3. The number of carbonyl (C=O) groups excluding carboxylic acids is 2. The molecule has 4 aromatic rings. The van der Waals surface area contributed by atoms with Crippen LogP contribution in [-0.2, 0) is 10.2 Å². The van der Waals surface area contributed by atoms with Crippen LogP contribution < -0.4 is 15.8 Å².